The van der Waals surface area contributed by atoms with E-state index in [1.54, 1.807) is 0 Å². The highest BCUT2D eigenvalue weighted by Gasteiger charge is 2.32. The summed E-state index contributed by atoms with van der Waals surface area (Å²) >= 11 is 0. The third-order valence-electron chi connectivity index (χ3n) is 5.79. The van der Waals surface area contributed by atoms with Crippen LogP contribution in [0.15, 0.2) is 0 Å². The maximum Gasteiger partial charge on any atom is 0.315 e. The first kappa shape index (κ1) is 24.1. The lowest BCUT2D eigenvalue weighted by molar-refractivity contribution is 0.233. The van der Waals surface area contributed by atoms with E-state index in [0.29, 0.717) is 19.0 Å². The fraction of sp³-hybridized carbons (Fsp3) is 0.696. The molecule has 0 radical (unpaired) electrons. The Hall–Kier alpha value is -2.15. The number of pyridine rings is 1. The molecule has 7 nitrogen and oxygen atoms in total. The Balaban J connectivity index is 2.46. The van der Waals surface area contributed by atoms with Crippen molar-refractivity contribution in [2.75, 3.05) is 24.5 Å². The summed E-state index contributed by atoms with van der Waals surface area (Å²) in [6.07, 6.45) is 5.36. The van der Waals surface area contributed by atoms with Gasteiger partial charge in [-0.15, -0.1) is 0 Å². The molecule has 1 aromatic heterocycles. The minimum absolute atomic E-state index is 0.0330. The summed E-state index contributed by atoms with van der Waals surface area (Å²) in [6.45, 7) is 12.2. The van der Waals surface area contributed by atoms with Crippen LogP contribution in [0.5, 0.6) is 0 Å². The first-order chi connectivity index (χ1) is 14.4. The van der Waals surface area contributed by atoms with Crippen molar-refractivity contribution < 1.29 is 9.90 Å². The van der Waals surface area contributed by atoms with E-state index in [0.717, 1.165) is 60.4 Å². The lowest BCUT2D eigenvalue weighted by atomic mass is 9.94. The third-order valence-corrected chi connectivity index (χ3v) is 5.79. The van der Waals surface area contributed by atoms with Crippen LogP contribution in [0.3, 0.4) is 0 Å². The van der Waals surface area contributed by atoms with Crippen LogP contribution in [0, 0.1) is 11.3 Å². The molecule has 1 saturated carbocycles. The van der Waals surface area contributed by atoms with Crippen LogP contribution in [-0.2, 0) is 13.0 Å². The Morgan fingerprint density at radius 3 is 2.47 bits per heavy atom. The van der Waals surface area contributed by atoms with E-state index in [-0.39, 0.29) is 24.6 Å². The van der Waals surface area contributed by atoms with Gasteiger partial charge in [0.15, 0.2) is 0 Å². The van der Waals surface area contributed by atoms with Gasteiger partial charge in [0.2, 0.25) is 0 Å². The number of nitrogens with zero attached hydrogens (tertiary/aromatic N) is 2. The van der Waals surface area contributed by atoms with Crippen LogP contribution < -0.4 is 15.5 Å². The second-order valence-corrected chi connectivity index (χ2v) is 8.41. The number of aliphatic hydroxyl groups is 1. The zero-order valence-electron chi connectivity index (χ0n) is 19.2. The molecule has 0 saturated heterocycles. The Morgan fingerprint density at radius 1 is 1.30 bits per heavy atom. The quantitative estimate of drug-likeness (QED) is 0.391. The molecule has 1 heterocycles. The second kappa shape index (κ2) is 11.3. The maximum atomic E-state index is 12.1. The molecule has 2 rings (SSSR count). The molecule has 1 aliphatic rings. The highest BCUT2D eigenvalue weighted by atomic mass is 16.3. The number of likely N-dealkylation sites (N-methyl/N-ethyl adjacent to an activating group) is 1. The van der Waals surface area contributed by atoms with E-state index >= 15 is 0 Å². The van der Waals surface area contributed by atoms with Gasteiger partial charge in [0, 0.05) is 42.9 Å². The van der Waals surface area contributed by atoms with Crippen molar-refractivity contribution in [1.82, 2.24) is 15.6 Å². The van der Waals surface area contributed by atoms with E-state index in [1.165, 1.54) is 6.21 Å². The molecule has 4 N–H and O–H groups in total. The number of hydrogen-bond acceptors (Lipinski definition) is 5. The SMILES string of the molecule is CCCc1c(C=N)c(N(CC)C[C@H](NC(=O)NCC)C(C)C)nc(C2CC2)c1CO. The van der Waals surface area contributed by atoms with Gasteiger partial charge < -0.3 is 26.0 Å². The van der Waals surface area contributed by atoms with E-state index in [2.05, 4.69) is 43.2 Å². The van der Waals surface area contributed by atoms with E-state index in [1.807, 2.05) is 6.92 Å². The van der Waals surface area contributed by atoms with Crippen molar-refractivity contribution in [2.24, 2.45) is 5.92 Å². The number of carbonyl (C=O) groups is 1. The largest absolute Gasteiger partial charge is 0.392 e. The molecular formula is C23H39N5O2. The first-order valence-corrected chi connectivity index (χ1v) is 11.4. The third kappa shape index (κ3) is 5.72. The number of anilines is 1. The van der Waals surface area contributed by atoms with Crippen molar-refractivity contribution >= 4 is 18.1 Å². The molecule has 168 valence electrons. The summed E-state index contributed by atoms with van der Waals surface area (Å²) in [7, 11) is 0. The van der Waals surface area contributed by atoms with Crippen LogP contribution in [-0.4, -0.2) is 48.0 Å². The molecule has 30 heavy (non-hydrogen) atoms. The molecule has 1 fully saturated rings. The highest BCUT2D eigenvalue weighted by Crippen LogP contribution is 2.43. The molecule has 1 aromatic rings. The number of aromatic nitrogens is 1. The Bertz CT molecular complexity index is 731. The number of carbonyl (C=O) groups excluding carboxylic acids is 1. The molecule has 2 amide bonds. The molecule has 7 heteroatoms. The van der Waals surface area contributed by atoms with E-state index in [4.69, 9.17) is 10.4 Å². The topological polar surface area (TPSA) is 101 Å². The number of rotatable bonds is 12. The first-order valence-electron chi connectivity index (χ1n) is 11.4. The van der Waals surface area contributed by atoms with Crippen LogP contribution in [0.1, 0.15) is 82.2 Å². The maximum absolute atomic E-state index is 12.1. The smallest absolute Gasteiger partial charge is 0.315 e. The zero-order chi connectivity index (χ0) is 22.3. The van der Waals surface area contributed by atoms with Gasteiger partial charge in [0.1, 0.15) is 5.82 Å². The second-order valence-electron chi connectivity index (χ2n) is 8.41. The van der Waals surface area contributed by atoms with Crippen LogP contribution >= 0.6 is 0 Å². The number of nitrogens with one attached hydrogen (secondary N) is 3. The summed E-state index contributed by atoms with van der Waals surface area (Å²) in [5.41, 5.74) is 3.77. The standard InChI is InChI=1S/C23H39N5O2/c1-6-9-17-18(12-24)22(27-21(16-10-11-16)19(17)14-29)28(8-3)13-20(15(4)5)26-23(30)25-7-2/h12,15-16,20,24,29H,6-11,13-14H2,1-5H3,(H2,25,26,30)/t20-/m0/s1. The van der Waals surface area contributed by atoms with Crippen LogP contribution in [0.4, 0.5) is 10.6 Å². The molecule has 0 aliphatic heterocycles. The lowest BCUT2D eigenvalue weighted by Crippen LogP contribution is -2.50. The van der Waals surface area contributed by atoms with E-state index < -0.39 is 0 Å². The van der Waals surface area contributed by atoms with Crippen molar-refractivity contribution in [3.63, 3.8) is 0 Å². The summed E-state index contributed by atoms with van der Waals surface area (Å²) in [5.74, 6) is 1.47. The summed E-state index contributed by atoms with van der Waals surface area (Å²) < 4.78 is 0. The van der Waals surface area contributed by atoms with E-state index in [9.17, 15) is 9.90 Å². The molecule has 0 bridgehead atoms. The van der Waals surface area contributed by atoms with Gasteiger partial charge in [0.25, 0.3) is 0 Å². The van der Waals surface area contributed by atoms with Gasteiger partial charge >= 0.3 is 6.03 Å². The molecule has 1 aliphatic carbocycles. The predicted octanol–water partition coefficient (Wildman–Crippen LogP) is 3.57. The molecule has 0 unspecified atom stereocenters. The van der Waals surface area contributed by atoms with Crippen molar-refractivity contribution in [1.29, 1.82) is 5.41 Å². The number of aliphatic hydroxyl groups excluding tert-OH is 1. The van der Waals surface area contributed by atoms with Gasteiger partial charge in [0.05, 0.1) is 18.3 Å². The fourth-order valence-corrected chi connectivity index (χ4v) is 3.90. The van der Waals surface area contributed by atoms with Gasteiger partial charge in [-0.3, -0.25) is 0 Å². The van der Waals surface area contributed by atoms with Gasteiger partial charge in [-0.1, -0.05) is 27.2 Å². The van der Waals surface area contributed by atoms with Gasteiger partial charge in [-0.25, -0.2) is 9.78 Å². The van der Waals surface area contributed by atoms with Crippen molar-refractivity contribution in [2.45, 2.75) is 78.9 Å². The number of amides is 2. The lowest BCUT2D eigenvalue weighted by Gasteiger charge is -2.32. The van der Waals surface area contributed by atoms with Gasteiger partial charge in [-0.2, -0.15) is 0 Å². The van der Waals surface area contributed by atoms with Crippen molar-refractivity contribution in [3.8, 4) is 0 Å². The Kier molecular flexibility index (Phi) is 9.08. The van der Waals surface area contributed by atoms with Crippen LogP contribution in [0.2, 0.25) is 0 Å². The average Bonchev–Trinajstić information content (AvgIpc) is 3.55. The number of hydrogen-bond donors (Lipinski definition) is 4. The summed E-state index contributed by atoms with van der Waals surface area (Å²) in [5, 5.41) is 24.1. The number of urea groups is 1. The normalized spacial score (nSPS) is 14.5. The molecule has 1 atom stereocenters. The summed E-state index contributed by atoms with van der Waals surface area (Å²) in [6, 6.07) is -0.207. The van der Waals surface area contributed by atoms with Gasteiger partial charge in [-0.05, 0) is 44.6 Å². The Labute approximate surface area is 181 Å². The fourth-order valence-electron chi connectivity index (χ4n) is 3.90. The zero-order valence-corrected chi connectivity index (χ0v) is 19.2. The predicted molar refractivity (Wildman–Crippen MR) is 123 cm³/mol. The van der Waals surface area contributed by atoms with Crippen LogP contribution in [0.25, 0.3) is 0 Å². The molecular weight excluding hydrogens is 378 g/mol. The molecule has 0 spiro atoms. The minimum atomic E-state index is -0.159. The minimum Gasteiger partial charge on any atom is -0.392 e. The highest BCUT2D eigenvalue weighted by molar-refractivity contribution is 5.87. The summed E-state index contributed by atoms with van der Waals surface area (Å²) in [4.78, 5) is 19.3. The molecule has 0 aromatic carbocycles. The van der Waals surface area contributed by atoms with Crippen molar-refractivity contribution in [3.05, 3.63) is 22.4 Å². The monoisotopic (exact) mass is 417 g/mol. The average molecular weight is 418 g/mol. The Morgan fingerprint density at radius 2 is 2.00 bits per heavy atom.